The Morgan fingerprint density at radius 1 is 1.48 bits per heavy atom. The van der Waals surface area contributed by atoms with E-state index in [2.05, 4.69) is 37.8 Å². The summed E-state index contributed by atoms with van der Waals surface area (Å²) < 4.78 is 5.60. The van der Waals surface area contributed by atoms with Crippen molar-refractivity contribution in [2.24, 2.45) is 0 Å². The van der Waals surface area contributed by atoms with Crippen LogP contribution in [-0.2, 0) is 9.53 Å². The number of likely N-dealkylation sites (tertiary alicyclic amines) is 1. The molecule has 1 fully saturated rings. The Morgan fingerprint density at radius 3 is 2.86 bits per heavy atom. The van der Waals surface area contributed by atoms with Crippen LogP contribution in [0.2, 0.25) is 0 Å². The monoisotopic (exact) mass is 287 g/mol. The molecule has 3 nitrogen and oxygen atoms in total. The number of benzene rings is 1. The van der Waals surface area contributed by atoms with Gasteiger partial charge in [-0.3, -0.25) is 4.79 Å². The zero-order chi connectivity index (χ0) is 15.2. The third-order valence-electron chi connectivity index (χ3n) is 4.04. The zero-order valence-corrected chi connectivity index (χ0v) is 13.0. The molecule has 0 aliphatic carbocycles. The largest absolute Gasteiger partial charge is 0.368 e. The number of ether oxygens (including phenoxy) is 1. The third kappa shape index (κ3) is 3.94. The SMILES string of the molecule is C=CCCOC(C)C(=O)N1CCCC1c1ccc(C)cc1. The fraction of sp³-hybridized carbons (Fsp3) is 0.500. The molecule has 1 aliphatic heterocycles. The van der Waals surface area contributed by atoms with Gasteiger partial charge in [0.15, 0.2) is 0 Å². The van der Waals surface area contributed by atoms with Gasteiger partial charge in [-0.25, -0.2) is 0 Å². The van der Waals surface area contributed by atoms with Crippen molar-refractivity contribution in [3.8, 4) is 0 Å². The molecule has 2 unspecified atom stereocenters. The number of carbonyl (C=O) groups is 1. The van der Waals surface area contributed by atoms with Gasteiger partial charge in [0.1, 0.15) is 6.10 Å². The summed E-state index contributed by atoms with van der Waals surface area (Å²) in [5.74, 6) is 0.0992. The van der Waals surface area contributed by atoms with Crippen LogP contribution in [0.4, 0.5) is 0 Å². The van der Waals surface area contributed by atoms with Crippen molar-refractivity contribution < 1.29 is 9.53 Å². The van der Waals surface area contributed by atoms with Crippen LogP contribution >= 0.6 is 0 Å². The van der Waals surface area contributed by atoms with Gasteiger partial charge in [-0.2, -0.15) is 0 Å². The lowest BCUT2D eigenvalue weighted by Crippen LogP contribution is -2.38. The first-order valence-corrected chi connectivity index (χ1v) is 7.73. The van der Waals surface area contributed by atoms with Gasteiger partial charge in [0.05, 0.1) is 12.6 Å². The van der Waals surface area contributed by atoms with Crippen molar-refractivity contribution in [2.75, 3.05) is 13.2 Å². The summed E-state index contributed by atoms with van der Waals surface area (Å²) in [7, 11) is 0. The van der Waals surface area contributed by atoms with Crippen molar-refractivity contribution in [3.05, 3.63) is 48.0 Å². The summed E-state index contributed by atoms with van der Waals surface area (Å²) in [6, 6.07) is 8.69. The standard InChI is InChI=1S/C18H25NO2/c1-4-5-13-21-15(3)18(20)19-12-6-7-17(19)16-10-8-14(2)9-11-16/h4,8-11,15,17H,1,5-7,12-13H2,2-3H3. The van der Waals surface area contributed by atoms with Crippen molar-refractivity contribution in [1.82, 2.24) is 4.90 Å². The number of aryl methyl sites for hydroxylation is 1. The molecule has 0 spiro atoms. The average Bonchev–Trinajstić information content (AvgIpc) is 2.96. The summed E-state index contributed by atoms with van der Waals surface area (Å²) in [5.41, 5.74) is 2.47. The smallest absolute Gasteiger partial charge is 0.251 e. The summed E-state index contributed by atoms with van der Waals surface area (Å²) >= 11 is 0. The van der Waals surface area contributed by atoms with Crippen LogP contribution in [0.5, 0.6) is 0 Å². The molecule has 1 aromatic carbocycles. The number of carbonyl (C=O) groups excluding carboxylic acids is 1. The second kappa shape index (κ2) is 7.41. The van der Waals surface area contributed by atoms with Crippen LogP contribution in [0.15, 0.2) is 36.9 Å². The molecule has 3 heteroatoms. The summed E-state index contributed by atoms with van der Waals surface area (Å²) in [6.07, 6.45) is 4.30. The van der Waals surface area contributed by atoms with E-state index in [1.54, 1.807) is 0 Å². The van der Waals surface area contributed by atoms with E-state index in [1.807, 2.05) is 17.9 Å². The van der Waals surface area contributed by atoms with Crippen LogP contribution in [0, 0.1) is 6.92 Å². The number of amides is 1. The van der Waals surface area contributed by atoms with Gasteiger partial charge >= 0.3 is 0 Å². The maximum absolute atomic E-state index is 12.6. The summed E-state index contributed by atoms with van der Waals surface area (Å²) in [4.78, 5) is 14.5. The molecule has 2 rings (SSSR count). The number of hydrogen-bond donors (Lipinski definition) is 0. The third-order valence-corrected chi connectivity index (χ3v) is 4.04. The minimum absolute atomic E-state index is 0.0992. The molecule has 0 N–H and O–H groups in total. The van der Waals surface area contributed by atoms with E-state index in [0.29, 0.717) is 6.61 Å². The maximum atomic E-state index is 12.6. The minimum Gasteiger partial charge on any atom is -0.368 e. The van der Waals surface area contributed by atoms with Crippen molar-refractivity contribution in [1.29, 1.82) is 0 Å². The molecular formula is C18H25NO2. The van der Waals surface area contributed by atoms with Gasteiger partial charge in [0.25, 0.3) is 5.91 Å². The fourth-order valence-electron chi connectivity index (χ4n) is 2.80. The Labute approximate surface area is 127 Å². The molecule has 0 aromatic heterocycles. The van der Waals surface area contributed by atoms with E-state index >= 15 is 0 Å². The Balaban J connectivity index is 2.02. The molecule has 1 aliphatic rings. The highest BCUT2D eigenvalue weighted by molar-refractivity contribution is 5.81. The molecule has 1 saturated heterocycles. The number of rotatable bonds is 6. The van der Waals surface area contributed by atoms with Crippen molar-refractivity contribution in [2.45, 2.75) is 45.3 Å². The van der Waals surface area contributed by atoms with Gasteiger partial charge in [0.2, 0.25) is 0 Å². The lowest BCUT2D eigenvalue weighted by molar-refractivity contribution is -0.143. The first kappa shape index (κ1) is 15.8. The molecule has 0 saturated carbocycles. The van der Waals surface area contributed by atoms with E-state index in [-0.39, 0.29) is 18.1 Å². The van der Waals surface area contributed by atoms with Gasteiger partial charge < -0.3 is 9.64 Å². The highest BCUT2D eigenvalue weighted by atomic mass is 16.5. The van der Waals surface area contributed by atoms with Gasteiger partial charge in [0, 0.05) is 6.54 Å². The number of nitrogens with zero attached hydrogens (tertiary/aromatic N) is 1. The molecule has 114 valence electrons. The van der Waals surface area contributed by atoms with E-state index in [0.717, 1.165) is 25.8 Å². The van der Waals surface area contributed by atoms with Gasteiger partial charge in [-0.15, -0.1) is 6.58 Å². The fourth-order valence-corrected chi connectivity index (χ4v) is 2.80. The molecule has 1 amide bonds. The Kier molecular flexibility index (Phi) is 5.57. The second-order valence-electron chi connectivity index (χ2n) is 5.69. The van der Waals surface area contributed by atoms with Crippen LogP contribution in [0.1, 0.15) is 43.4 Å². The molecule has 21 heavy (non-hydrogen) atoms. The van der Waals surface area contributed by atoms with E-state index in [9.17, 15) is 4.79 Å². The molecule has 1 heterocycles. The Bertz CT molecular complexity index is 480. The van der Waals surface area contributed by atoms with Crippen LogP contribution in [0.3, 0.4) is 0 Å². The average molecular weight is 287 g/mol. The molecule has 0 radical (unpaired) electrons. The Hall–Kier alpha value is -1.61. The van der Waals surface area contributed by atoms with Gasteiger partial charge in [-0.05, 0) is 38.7 Å². The lowest BCUT2D eigenvalue weighted by Gasteiger charge is -2.28. The van der Waals surface area contributed by atoms with E-state index in [1.165, 1.54) is 11.1 Å². The highest BCUT2D eigenvalue weighted by Gasteiger charge is 2.32. The summed E-state index contributed by atoms with van der Waals surface area (Å²) in [6.45, 7) is 8.97. The zero-order valence-electron chi connectivity index (χ0n) is 13.0. The first-order chi connectivity index (χ1) is 10.1. The molecular weight excluding hydrogens is 262 g/mol. The van der Waals surface area contributed by atoms with Crippen LogP contribution in [0.25, 0.3) is 0 Å². The topological polar surface area (TPSA) is 29.5 Å². The van der Waals surface area contributed by atoms with Crippen molar-refractivity contribution >= 4 is 5.91 Å². The first-order valence-electron chi connectivity index (χ1n) is 7.73. The normalized spacial score (nSPS) is 19.5. The molecule has 1 aromatic rings. The maximum Gasteiger partial charge on any atom is 0.251 e. The predicted molar refractivity (Wildman–Crippen MR) is 85.1 cm³/mol. The van der Waals surface area contributed by atoms with Crippen LogP contribution < -0.4 is 0 Å². The van der Waals surface area contributed by atoms with Crippen molar-refractivity contribution in [3.63, 3.8) is 0 Å². The van der Waals surface area contributed by atoms with E-state index < -0.39 is 0 Å². The van der Waals surface area contributed by atoms with Gasteiger partial charge in [-0.1, -0.05) is 35.9 Å². The molecule has 0 bridgehead atoms. The van der Waals surface area contributed by atoms with Crippen LogP contribution in [-0.4, -0.2) is 30.1 Å². The minimum atomic E-state index is -0.379. The second-order valence-corrected chi connectivity index (χ2v) is 5.69. The molecule has 2 atom stereocenters. The predicted octanol–water partition coefficient (Wildman–Crippen LogP) is 3.64. The quantitative estimate of drug-likeness (QED) is 0.590. The number of hydrogen-bond acceptors (Lipinski definition) is 2. The lowest BCUT2D eigenvalue weighted by atomic mass is 10.0. The van der Waals surface area contributed by atoms with E-state index in [4.69, 9.17) is 4.74 Å². The highest BCUT2D eigenvalue weighted by Crippen LogP contribution is 2.32. The Morgan fingerprint density at radius 2 is 2.19 bits per heavy atom. The summed E-state index contributed by atoms with van der Waals surface area (Å²) in [5, 5.41) is 0.